The third-order valence-electron chi connectivity index (χ3n) is 5.82. The molecule has 0 atom stereocenters. The minimum absolute atomic E-state index is 0.147. The van der Waals surface area contributed by atoms with Gasteiger partial charge >= 0.3 is 0 Å². The molecule has 0 saturated heterocycles. The van der Waals surface area contributed by atoms with Gasteiger partial charge in [-0.1, -0.05) is 18.2 Å². The van der Waals surface area contributed by atoms with Crippen LogP contribution in [-0.4, -0.2) is 79.9 Å². The van der Waals surface area contributed by atoms with E-state index in [1.165, 1.54) is 19.2 Å². The van der Waals surface area contributed by atoms with Crippen molar-refractivity contribution in [3.8, 4) is 17.0 Å². The lowest BCUT2D eigenvalue weighted by Gasteiger charge is -2.26. The lowest BCUT2D eigenvalue weighted by atomic mass is 10.1. The molecular formula is C27H33ClN8O3. The maximum Gasteiger partial charge on any atom is 0.247 e. The molecule has 0 saturated carbocycles. The van der Waals surface area contributed by atoms with E-state index in [1.54, 1.807) is 32.5 Å². The number of anilines is 5. The van der Waals surface area contributed by atoms with Crippen LogP contribution < -0.4 is 25.6 Å². The van der Waals surface area contributed by atoms with E-state index >= 15 is 0 Å². The second-order valence-corrected chi connectivity index (χ2v) is 9.34. The number of hydrogen-bond donors (Lipinski definition) is 3. The molecule has 0 aliphatic heterocycles. The molecule has 0 aliphatic carbocycles. The lowest BCUT2D eigenvalue weighted by molar-refractivity contribution is -0.111. The van der Waals surface area contributed by atoms with Crippen molar-refractivity contribution in [3.63, 3.8) is 0 Å². The minimum Gasteiger partial charge on any atom is -0.494 e. The Balaban J connectivity index is 2.04. The first kappa shape index (κ1) is 29.3. The van der Waals surface area contributed by atoms with Crippen molar-refractivity contribution in [2.45, 2.75) is 6.92 Å². The molecule has 3 N–H and O–H groups in total. The van der Waals surface area contributed by atoms with Crippen LogP contribution in [0.5, 0.6) is 5.75 Å². The molecule has 39 heavy (non-hydrogen) atoms. The van der Waals surface area contributed by atoms with Crippen LogP contribution >= 0.6 is 11.6 Å². The lowest BCUT2D eigenvalue weighted by Crippen LogP contribution is -2.29. The highest BCUT2D eigenvalue weighted by molar-refractivity contribution is 6.33. The van der Waals surface area contributed by atoms with Gasteiger partial charge in [-0.25, -0.2) is 15.0 Å². The fraction of sp³-hybridized carbons (Fsp3) is 0.296. The summed E-state index contributed by atoms with van der Waals surface area (Å²) in [6.45, 7) is 6.54. The van der Waals surface area contributed by atoms with Gasteiger partial charge in [-0.2, -0.15) is 0 Å². The van der Waals surface area contributed by atoms with Crippen molar-refractivity contribution in [2.24, 2.45) is 0 Å². The fourth-order valence-corrected chi connectivity index (χ4v) is 3.92. The third kappa shape index (κ3) is 7.21. The molecule has 11 nitrogen and oxygen atoms in total. The summed E-state index contributed by atoms with van der Waals surface area (Å²) in [5.41, 5.74) is 3.20. The van der Waals surface area contributed by atoms with Crippen LogP contribution in [0.3, 0.4) is 0 Å². The normalized spacial score (nSPS) is 10.7. The number of likely N-dealkylation sites (N-methyl/N-ethyl adjacent to an activating group) is 2. The Morgan fingerprint density at radius 2 is 1.85 bits per heavy atom. The summed E-state index contributed by atoms with van der Waals surface area (Å²) in [5.74, 6) is 0.704. The van der Waals surface area contributed by atoms with Gasteiger partial charge in [0.05, 0.1) is 46.6 Å². The van der Waals surface area contributed by atoms with E-state index in [2.05, 4.69) is 42.4 Å². The number of nitrogens with zero attached hydrogens (tertiary/aromatic N) is 5. The summed E-state index contributed by atoms with van der Waals surface area (Å²) in [7, 11) is 9.17. The second-order valence-electron chi connectivity index (χ2n) is 8.93. The van der Waals surface area contributed by atoms with Gasteiger partial charge in [0.2, 0.25) is 11.9 Å². The van der Waals surface area contributed by atoms with Gasteiger partial charge in [-0.3, -0.25) is 9.59 Å². The summed E-state index contributed by atoms with van der Waals surface area (Å²) in [4.78, 5) is 41.7. The van der Waals surface area contributed by atoms with E-state index in [1.807, 2.05) is 32.1 Å². The van der Waals surface area contributed by atoms with Crippen LogP contribution in [0.25, 0.3) is 11.3 Å². The number of carbonyl (C=O) groups excluding carboxylic acids is 2. The Morgan fingerprint density at radius 1 is 1.10 bits per heavy atom. The summed E-state index contributed by atoms with van der Waals surface area (Å²) in [6, 6.07) is 5.25. The van der Waals surface area contributed by atoms with Gasteiger partial charge in [-0.05, 0) is 39.2 Å². The zero-order valence-electron chi connectivity index (χ0n) is 22.9. The Bertz CT molecular complexity index is 1380. The highest BCUT2D eigenvalue weighted by Crippen LogP contribution is 2.38. The number of Topliss-reactive ketones (excluding diaryl/α,β-unsaturated/α-hetero) is 1. The van der Waals surface area contributed by atoms with E-state index in [4.69, 9.17) is 16.3 Å². The maximum atomic E-state index is 12.2. The number of ketones is 1. The first-order valence-electron chi connectivity index (χ1n) is 12.1. The van der Waals surface area contributed by atoms with Crippen LogP contribution in [0, 0.1) is 0 Å². The number of ether oxygens (including phenoxy) is 1. The largest absolute Gasteiger partial charge is 0.494 e. The molecule has 0 unspecified atom stereocenters. The van der Waals surface area contributed by atoms with Gasteiger partial charge < -0.3 is 30.5 Å². The number of benzene rings is 1. The fourth-order valence-electron chi connectivity index (χ4n) is 3.72. The van der Waals surface area contributed by atoms with Crippen LogP contribution in [0.15, 0.2) is 43.2 Å². The third-order valence-corrected chi connectivity index (χ3v) is 6.10. The number of aromatic nitrogens is 3. The van der Waals surface area contributed by atoms with Crippen LogP contribution in [0.4, 0.5) is 28.8 Å². The number of pyridine rings is 1. The predicted molar refractivity (Wildman–Crippen MR) is 157 cm³/mol. The first-order valence-corrected chi connectivity index (χ1v) is 12.5. The van der Waals surface area contributed by atoms with Gasteiger partial charge in [-0.15, -0.1) is 0 Å². The van der Waals surface area contributed by atoms with Crippen molar-refractivity contribution < 1.29 is 14.3 Å². The Labute approximate surface area is 233 Å². The molecule has 1 aromatic carbocycles. The van der Waals surface area contributed by atoms with Gasteiger partial charge in [0.15, 0.2) is 5.78 Å². The van der Waals surface area contributed by atoms with Crippen LogP contribution in [0.1, 0.15) is 17.3 Å². The molecule has 2 heterocycles. The average Bonchev–Trinajstić information content (AvgIpc) is 2.92. The quantitative estimate of drug-likeness (QED) is 0.221. The maximum absolute atomic E-state index is 12.2. The molecule has 206 valence electrons. The summed E-state index contributed by atoms with van der Waals surface area (Å²) >= 11 is 6.43. The SMILES string of the molecule is C=CC(=O)Nc1cc(Nc2ncc(Cl)c(-c3cnc(NC)c(C(C)=O)c3)n2)c(OC)cc1N(C)CCN(C)C. The molecule has 0 bridgehead atoms. The second kappa shape index (κ2) is 13.0. The molecule has 12 heteroatoms. The van der Waals surface area contributed by atoms with E-state index in [-0.39, 0.29) is 22.7 Å². The summed E-state index contributed by atoms with van der Waals surface area (Å²) in [5, 5.41) is 9.22. The number of carbonyl (C=O) groups is 2. The molecule has 0 fully saturated rings. The van der Waals surface area contributed by atoms with Gasteiger partial charge in [0.25, 0.3) is 0 Å². The zero-order chi connectivity index (χ0) is 28.7. The molecule has 3 rings (SSSR count). The average molecular weight is 553 g/mol. The standard InChI is InChI=1S/C27H33ClN8O3/c1-8-24(38)32-20-12-21(23(39-7)13-22(20)36(6)10-9-35(4)5)33-27-31-15-19(28)25(34-27)17-11-18(16(2)37)26(29-3)30-14-17/h8,11-15H,1,9-10H2,2-7H3,(H,29,30)(H,32,38)(H,31,33,34). The number of halogens is 1. The van der Waals surface area contributed by atoms with Crippen LogP contribution in [0.2, 0.25) is 5.02 Å². The summed E-state index contributed by atoms with van der Waals surface area (Å²) in [6.07, 6.45) is 4.25. The highest BCUT2D eigenvalue weighted by atomic mass is 35.5. The molecule has 1 amide bonds. The van der Waals surface area contributed by atoms with E-state index in [0.29, 0.717) is 46.3 Å². The van der Waals surface area contributed by atoms with Crippen LogP contribution in [-0.2, 0) is 4.79 Å². The molecule has 3 aromatic rings. The van der Waals surface area contributed by atoms with E-state index in [9.17, 15) is 9.59 Å². The van der Waals surface area contributed by atoms with Crippen molar-refractivity contribution in [3.05, 3.63) is 53.8 Å². The minimum atomic E-state index is -0.350. The van der Waals surface area contributed by atoms with Gasteiger partial charge in [0.1, 0.15) is 11.6 Å². The molecule has 0 spiro atoms. The molecular weight excluding hydrogens is 520 g/mol. The molecule has 2 aromatic heterocycles. The first-order chi connectivity index (χ1) is 18.6. The Kier molecular flexibility index (Phi) is 9.80. The smallest absolute Gasteiger partial charge is 0.247 e. The number of methoxy groups -OCH3 is 1. The zero-order valence-corrected chi connectivity index (χ0v) is 23.7. The Hall–Kier alpha value is -4.22. The topological polar surface area (TPSA) is 125 Å². The van der Waals surface area contributed by atoms with Crippen molar-refractivity contribution in [2.75, 3.05) is 69.2 Å². The molecule has 0 aliphatic rings. The van der Waals surface area contributed by atoms with Crippen molar-refractivity contribution >= 4 is 52.1 Å². The number of nitrogens with one attached hydrogen (secondary N) is 3. The van der Waals surface area contributed by atoms with E-state index < -0.39 is 0 Å². The predicted octanol–water partition coefficient (Wildman–Crippen LogP) is 4.31. The van der Waals surface area contributed by atoms with E-state index in [0.717, 1.165) is 12.2 Å². The number of amides is 1. The monoisotopic (exact) mass is 552 g/mol. The van der Waals surface area contributed by atoms with Gasteiger partial charge in [0, 0.05) is 45.0 Å². The number of rotatable bonds is 12. The Morgan fingerprint density at radius 3 is 2.46 bits per heavy atom. The summed E-state index contributed by atoms with van der Waals surface area (Å²) < 4.78 is 5.66. The highest BCUT2D eigenvalue weighted by Gasteiger charge is 2.18. The van der Waals surface area contributed by atoms with Crippen molar-refractivity contribution in [1.82, 2.24) is 19.9 Å². The number of hydrogen-bond acceptors (Lipinski definition) is 10. The van der Waals surface area contributed by atoms with Crippen molar-refractivity contribution in [1.29, 1.82) is 0 Å². The molecule has 0 radical (unpaired) electrons.